The highest BCUT2D eigenvalue weighted by atomic mass is 16.4. The molecule has 0 heterocycles. The number of carboxylic acids is 2. The summed E-state index contributed by atoms with van der Waals surface area (Å²) in [6.07, 6.45) is 0.173. The maximum absolute atomic E-state index is 11.4. The van der Waals surface area contributed by atoms with Gasteiger partial charge in [-0.25, -0.2) is 0 Å². The van der Waals surface area contributed by atoms with Crippen molar-refractivity contribution in [3.8, 4) is 0 Å². The Hall–Kier alpha value is -1.84. The van der Waals surface area contributed by atoms with Crippen LogP contribution in [-0.2, 0) is 20.4 Å². The minimum Gasteiger partial charge on any atom is -0.481 e. The first-order valence-corrected chi connectivity index (χ1v) is 6.27. The summed E-state index contributed by atoms with van der Waals surface area (Å²) in [6.45, 7) is 6.23. The van der Waals surface area contributed by atoms with E-state index in [1.165, 1.54) is 0 Å². The Labute approximate surface area is 112 Å². The number of carbonyl (C=O) groups is 2. The lowest BCUT2D eigenvalue weighted by Crippen LogP contribution is -2.25. The number of benzene rings is 1. The number of carboxylic acid groups (broad SMARTS) is 2. The zero-order valence-electron chi connectivity index (χ0n) is 11.3. The van der Waals surface area contributed by atoms with Crippen LogP contribution in [0.4, 0.5) is 0 Å². The van der Waals surface area contributed by atoms with E-state index in [1.807, 2.05) is 12.1 Å². The molecule has 2 rings (SSSR count). The fourth-order valence-electron chi connectivity index (χ4n) is 2.51. The van der Waals surface area contributed by atoms with Crippen molar-refractivity contribution in [2.24, 2.45) is 5.92 Å². The zero-order chi connectivity index (χ0) is 14.4. The van der Waals surface area contributed by atoms with Crippen LogP contribution in [0.15, 0.2) is 24.3 Å². The molecule has 0 spiro atoms. The molecule has 0 aromatic heterocycles. The number of hydrogen-bond acceptors (Lipinski definition) is 2. The van der Waals surface area contributed by atoms with E-state index < -0.39 is 23.3 Å². The second-order valence-corrected chi connectivity index (χ2v) is 6.20. The van der Waals surface area contributed by atoms with Gasteiger partial charge in [0.15, 0.2) is 0 Å². The van der Waals surface area contributed by atoms with Crippen LogP contribution in [0.25, 0.3) is 0 Å². The van der Waals surface area contributed by atoms with Gasteiger partial charge in [0.1, 0.15) is 5.41 Å². The van der Waals surface area contributed by atoms with Crippen LogP contribution in [0.2, 0.25) is 0 Å². The molecule has 0 aliphatic heterocycles. The summed E-state index contributed by atoms with van der Waals surface area (Å²) in [6, 6.07) is 7.27. The van der Waals surface area contributed by atoms with Gasteiger partial charge in [-0.15, -0.1) is 0 Å². The predicted molar refractivity (Wildman–Crippen MR) is 70.2 cm³/mol. The third-order valence-corrected chi connectivity index (χ3v) is 3.91. The zero-order valence-corrected chi connectivity index (χ0v) is 11.3. The van der Waals surface area contributed by atoms with Crippen LogP contribution < -0.4 is 0 Å². The van der Waals surface area contributed by atoms with Crippen molar-refractivity contribution in [2.75, 3.05) is 0 Å². The molecule has 1 aliphatic carbocycles. The SMILES string of the molecule is CC(C)(C)c1ccc(C2(C(=O)O)CC2C(=O)O)cc1. The summed E-state index contributed by atoms with van der Waals surface area (Å²) in [5.41, 5.74) is 0.442. The van der Waals surface area contributed by atoms with Gasteiger partial charge in [0.25, 0.3) is 0 Å². The Kier molecular flexibility index (Phi) is 2.92. The van der Waals surface area contributed by atoms with Gasteiger partial charge in [-0.05, 0) is 23.0 Å². The molecule has 1 saturated carbocycles. The summed E-state index contributed by atoms with van der Waals surface area (Å²) in [5.74, 6) is -2.91. The van der Waals surface area contributed by atoms with Crippen molar-refractivity contribution in [2.45, 2.75) is 38.0 Å². The molecule has 4 nitrogen and oxygen atoms in total. The lowest BCUT2D eigenvalue weighted by molar-refractivity contribution is -0.145. The molecular formula is C15H18O4. The van der Waals surface area contributed by atoms with E-state index >= 15 is 0 Å². The van der Waals surface area contributed by atoms with Crippen molar-refractivity contribution < 1.29 is 19.8 Å². The second-order valence-electron chi connectivity index (χ2n) is 6.20. The van der Waals surface area contributed by atoms with Crippen molar-refractivity contribution in [3.05, 3.63) is 35.4 Å². The van der Waals surface area contributed by atoms with Gasteiger partial charge < -0.3 is 10.2 Å². The Balaban J connectivity index is 2.37. The molecule has 2 atom stereocenters. The van der Waals surface area contributed by atoms with Crippen LogP contribution in [-0.4, -0.2) is 22.2 Å². The molecule has 1 aliphatic rings. The van der Waals surface area contributed by atoms with E-state index in [0.717, 1.165) is 5.56 Å². The quantitative estimate of drug-likeness (QED) is 0.877. The van der Waals surface area contributed by atoms with Crippen LogP contribution >= 0.6 is 0 Å². The smallest absolute Gasteiger partial charge is 0.315 e. The average molecular weight is 262 g/mol. The molecule has 0 radical (unpaired) electrons. The Bertz CT molecular complexity index is 524. The molecule has 0 bridgehead atoms. The maximum Gasteiger partial charge on any atom is 0.315 e. The fourth-order valence-corrected chi connectivity index (χ4v) is 2.51. The van der Waals surface area contributed by atoms with Gasteiger partial charge in [0, 0.05) is 0 Å². The summed E-state index contributed by atoms with van der Waals surface area (Å²) in [7, 11) is 0. The van der Waals surface area contributed by atoms with Crippen molar-refractivity contribution >= 4 is 11.9 Å². The molecule has 0 saturated heterocycles. The van der Waals surface area contributed by atoms with E-state index in [9.17, 15) is 14.7 Å². The van der Waals surface area contributed by atoms with Gasteiger partial charge in [-0.1, -0.05) is 45.0 Å². The minimum absolute atomic E-state index is 0.00926. The predicted octanol–water partition coefficient (Wildman–Crippen LogP) is 2.41. The lowest BCUT2D eigenvalue weighted by atomic mass is 9.84. The Morgan fingerprint density at radius 3 is 2.00 bits per heavy atom. The fraction of sp³-hybridized carbons (Fsp3) is 0.467. The van der Waals surface area contributed by atoms with E-state index in [-0.39, 0.29) is 11.8 Å². The molecule has 0 amide bonds. The summed E-state index contributed by atoms with van der Waals surface area (Å²) >= 11 is 0. The van der Waals surface area contributed by atoms with Crippen molar-refractivity contribution in [1.29, 1.82) is 0 Å². The van der Waals surface area contributed by atoms with E-state index in [4.69, 9.17) is 5.11 Å². The average Bonchev–Trinajstić information content (AvgIpc) is 3.04. The highest BCUT2D eigenvalue weighted by Gasteiger charge is 2.65. The van der Waals surface area contributed by atoms with Gasteiger partial charge in [0.05, 0.1) is 5.92 Å². The van der Waals surface area contributed by atoms with E-state index in [2.05, 4.69) is 20.8 Å². The summed E-state index contributed by atoms with van der Waals surface area (Å²) < 4.78 is 0. The standard InChI is InChI=1S/C15H18O4/c1-14(2,3)9-4-6-10(7-5-9)15(13(18)19)8-11(15)12(16)17/h4-7,11H,8H2,1-3H3,(H,16,17)(H,18,19). The first kappa shape index (κ1) is 13.6. The van der Waals surface area contributed by atoms with Crippen LogP contribution in [0.1, 0.15) is 38.3 Å². The summed E-state index contributed by atoms with van der Waals surface area (Å²) in [4.78, 5) is 22.4. The second kappa shape index (κ2) is 4.08. The van der Waals surface area contributed by atoms with E-state index in [1.54, 1.807) is 12.1 Å². The molecule has 19 heavy (non-hydrogen) atoms. The van der Waals surface area contributed by atoms with Gasteiger partial charge in [-0.3, -0.25) is 9.59 Å². The normalized spacial score (nSPS) is 25.9. The Morgan fingerprint density at radius 2 is 1.68 bits per heavy atom. The minimum atomic E-state index is -1.23. The van der Waals surface area contributed by atoms with Crippen LogP contribution in [0.5, 0.6) is 0 Å². The van der Waals surface area contributed by atoms with E-state index in [0.29, 0.717) is 5.56 Å². The monoisotopic (exact) mass is 262 g/mol. The largest absolute Gasteiger partial charge is 0.481 e. The Morgan fingerprint density at radius 1 is 1.16 bits per heavy atom. The number of rotatable bonds is 3. The third-order valence-electron chi connectivity index (χ3n) is 3.91. The number of aliphatic carboxylic acids is 2. The first-order chi connectivity index (χ1) is 8.69. The molecule has 4 heteroatoms. The van der Waals surface area contributed by atoms with Crippen molar-refractivity contribution in [1.82, 2.24) is 0 Å². The van der Waals surface area contributed by atoms with Crippen LogP contribution in [0.3, 0.4) is 0 Å². The summed E-state index contributed by atoms with van der Waals surface area (Å²) in [5, 5.41) is 18.4. The highest BCUT2D eigenvalue weighted by molar-refractivity contribution is 5.94. The van der Waals surface area contributed by atoms with Crippen LogP contribution in [0, 0.1) is 5.92 Å². The van der Waals surface area contributed by atoms with Crippen molar-refractivity contribution in [3.63, 3.8) is 0 Å². The third kappa shape index (κ3) is 2.11. The number of hydrogen-bond donors (Lipinski definition) is 2. The molecule has 2 N–H and O–H groups in total. The topological polar surface area (TPSA) is 74.6 Å². The molecule has 102 valence electrons. The highest BCUT2D eigenvalue weighted by Crippen LogP contribution is 2.54. The first-order valence-electron chi connectivity index (χ1n) is 6.27. The molecular weight excluding hydrogens is 244 g/mol. The van der Waals surface area contributed by atoms with Gasteiger partial charge in [0.2, 0.25) is 0 Å². The maximum atomic E-state index is 11.4. The molecule has 1 fully saturated rings. The molecule has 2 unspecified atom stereocenters. The molecule has 1 aromatic carbocycles. The lowest BCUT2D eigenvalue weighted by Gasteiger charge is -2.20. The van der Waals surface area contributed by atoms with Gasteiger partial charge in [-0.2, -0.15) is 0 Å². The van der Waals surface area contributed by atoms with Gasteiger partial charge >= 0.3 is 11.9 Å². The molecule has 1 aromatic rings.